The minimum absolute atomic E-state index is 0.162. The number of amides is 2. The van der Waals surface area contributed by atoms with Crippen LogP contribution in [0.4, 0.5) is 0 Å². The fourth-order valence-corrected chi connectivity index (χ4v) is 1.85. The Labute approximate surface area is 116 Å². The fraction of sp³-hybridized carbons (Fsp3) is 0.385. The lowest BCUT2D eigenvalue weighted by atomic mass is 9.99. The summed E-state index contributed by atoms with van der Waals surface area (Å²) in [5.74, 6) is -0.131. The molecule has 0 aromatic carbocycles. The van der Waals surface area contributed by atoms with Gasteiger partial charge in [0.2, 0.25) is 11.8 Å². The molecular formula is C13H16N4O3. The summed E-state index contributed by atoms with van der Waals surface area (Å²) in [6, 6.07) is 3.50. The molecule has 0 unspecified atom stereocenters. The normalized spacial score (nSPS) is 18.7. The van der Waals surface area contributed by atoms with Crippen LogP contribution in [0.2, 0.25) is 0 Å². The van der Waals surface area contributed by atoms with Gasteiger partial charge in [0.05, 0.1) is 12.2 Å². The van der Waals surface area contributed by atoms with Gasteiger partial charge in [-0.2, -0.15) is 10.2 Å². The lowest BCUT2D eigenvalue weighted by Gasteiger charge is -2.06. The first-order valence-corrected chi connectivity index (χ1v) is 6.29. The van der Waals surface area contributed by atoms with Crippen LogP contribution in [0.3, 0.4) is 0 Å². The van der Waals surface area contributed by atoms with E-state index in [9.17, 15) is 9.59 Å². The van der Waals surface area contributed by atoms with E-state index < -0.39 is 0 Å². The third-order valence-electron chi connectivity index (χ3n) is 3.05. The lowest BCUT2D eigenvalue weighted by Crippen LogP contribution is -2.25. The number of hydrogen-bond donors (Lipinski definition) is 2. The molecule has 2 rings (SSSR count). The molecule has 7 heteroatoms. The smallest absolute Gasteiger partial charge is 0.248 e. The number of hydrazone groups is 2. The summed E-state index contributed by atoms with van der Waals surface area (Å²) in [5.41, 5.74) is 6.12. The van der Waals surface area contributed by atoms with E-state index in [1.165, 1.54) is 6.26 Å². The van der Waals surface area contributed by atoms with Gasteiger partial charge in [0.1, 0.15) is 11.5 Å². The van der Waals surface area contributed by atoms with Crippen molar-refractivity contribution in [2.45, 2.75) is 26.7 Å². The second kappa shape index (κ2) is 6.14. The Bertz CT molecular complexity index is 560. The van der Waals surface area contributed by atoms with Gasteiger partial charge in [0.25, 0.3) is 0 Å². The van der Waals surface area contributed by atoms with Crippen LogP contribution in [-0.2, 0) is 9.59 Å². The average molecular weight is 276 g/mol. The van der Waals surface area contributed by atoms with Crippen molar-refractivity contribution in [2.24, 2.45) is 16.1 Å². The fourth-order valence-electron chi connectivity index (χ4n) is 1.85. The van der Waals surface area contributed by atoms with E-state index in [1.807, 2.05) is 0 Å². The number of carbonyl (C=O) groups excluding carboxylic acids is 2. The van der Waals surface area contributed by atoms with Gasteiger partial charge >= 0.3 is 0 Å². The maximum atomic E-state index is 11.7. The minimum Gasteiger partial charge on any atom is -0.463 e. The standard InChI is InChI=1S/C13H16N4O3/c1-8-10(13(19)17-14-8)5-6-12(18)16-15-9(2)11-4-3-7-20-11/h3-4,7,10H,5-6H2,1-2H3,(H,16,18)(H,17,19)/b15-9+/t10-/m0/s1. The maximum absolute atomic E-state index is 11.7. The Kier molecular flexibility index (Phi) is 4.29. The topological polar surface area (TPSA) is 96.1 Å². The van der Waals surface area contributed by atoms with Gasteiger partial charge in [-0.05, 0) is 32.4 Å². The Morgan fingerprint density at radius 2 is 2.40 bits per heavy atom. The van der Waals surface area contributed by atoms with Crippen LogP contribution in [0.1, 0.15) is 32.4 Å². The summed E-state index contributed by atoms with van der Waals surface area (Å²) >= 11 is 0. The summed E-state index contributed by atoms with van der Waals surface area (Å²) in [4.78, 5) is 23.1. The van der Waals surface area contributed by atoms with Gasteiger partial charge in [-0.25, -0.2) is 10.9 Å². The Balaban J connectivity index is 1.80. The largest absolute Gasteiger partial charge is 0.463 e. The van der Waals surface area contributed by atoms with Crippen LogP contribution >= 0.6 is 0 Å². The summed E-state index contributed by atoms with van der Waals surface area (Å²) in [6.45, 7) is 3.50. The molecule has 1 aromatic heterocycles. The van der Waals surface area contributed by atoms with Crippen molar-refractivity contribution < 1.29 is 14.0 Å². The van der Waals surface area contributed by atoms with Crippen molar-refractivity contribution in [2.75, 3.05) is 0 Å². The molecule has 2 heterocycles. The lowest BCUT2D eigenvalue weighted by molar-refractivity contribution is -0.123. The second-order valence-electron chi connectivity index (χ2n) is 4.53. The van der Waals surface area contributed by atoms with Gasteiger partial charge in [0.15, 0.2) is 0 Å². The van der Waals surface area contributed by atoms with Crippen LogP contribution in [0.15, 0.2) is 33.0 Å². The predicted molar refractivity (Wildman–Crippen MR) is 73.0 cm³/mol. The van der Waals surface area contributed by atoms with E-state index in [0.29, 0.717) is 23.6 Å². The Morgan fingerprint density at radius 1 is 1.60 bits per heavy atom. The Morgan fingerprint density at radius 3 is 3.00 bits per heavy atom. The van der Waals surface area contributed by atoms with E-state index in [-0.39, 0.29) is 24.2 Å². The molecule has 1 aliphatic rings. The highest BCUT2D eigenvalue weighted by Crippen LogP contribution is 2.13. The quantitative estimate of drug-likeness (QED) is 0.620. The van der Waals surface area contributed by atoms with Crippen LogP contribution in [0.25, 0.3) is 0 Å². The molecule has 1 atom stereocenters. The van der Waals surface area contributed by atoms with Gasteiger partial charge in [0, 0.05) is 12.1 Å². The first kappa shape index (κ1) is 14.0. The highest BCUT2D eigenvalue weighted by atomic mass is 16.3. The summed E-state index contributed by atoms with van der Waals surface area (Å²) in [5, 5.41) is 7.77. The van der Waals surface area contributed by atoms with Crippen molar-refractivity contribution in [3.05, 3.63) is 24.2 Å². The van der Waals surface area contributed by atoms with Crippen LogP contribution < -0.4 is 10.9 Å². The third kappa shape index (κ3) is 3.31. The minimum atomic E-state index is -0.323. The highest BCUT2D eigenvalue weighted by molar-refractivity contribution is 6.07. The molecule has 20 heavy (non-hydrogen) atoms. The van der Waals surface area contributed by atoms with Crippen molar-refractivity contribution in [1.82, 2.24) is 10.9 Å². The zero-order valence-electron chi connectivity index (χ0n) is 11.3. The molecule has 0 radical (unpaired) electrons. The number of nitrogens with zero attached hydrogens (tertiary/aromatic N) is 2. The van der Waals surface area contributed by atoms with E-state index >= 15 is 0 Å². The van der Waals surface area contributed by atoms with Crippen LogP contribution in [0, 0.1) is 5.92 Å². The number of hydrogen-bond acceptors (Lipinski definition) is 5. The summed E-state index contributed by atoms with van der Waals surface area (Å²) in [7, 11) is 0. The molecule has 1 aliphatic heterocycles. The highest BCUT2D eigenvalue weighted by Gasteiger charge is 2.26. The molecule has 0 spiro atoms. The van der Waals surface area contributed by atoms with Crippen LogP contribution in [0.5, 0.6) is 0 Å². The van der Waals surface area contributed by atoms with Crippen LogP contribution in [-0.4, -0.2) is 23.2 Å². The zero-order chi connectivity index (χ0) is 14.5. The molecule has 2 amide bonds. The van der Waals surface area contributed by atoms with Gasteiger partial charge in [-0.15, -0.1) is 0 Å². The molecule has 0 bridgehead atoms. The number of furan rings is 1. The van der Waals surface area contributed by atoms with Gasteiger partial charge in [-0.1, -0.05) is 0 Å². The summed E-state index contributed by atoms with van der Waals surface area (Å²) < 4.78 is 5.15. The third-order valence-corrected chi connectivity index (χ3v) is 3.05. The average Bonchev–Trinajstić information content (AvgIpc) is 3.05. The second-order valence-corrected chi connectivity index (χ2v) is 4.53. The van der Waals surface area contributed by atoms with Crippen molar-refractivity contribution in [3.63, 3.8) is 0 Å². The molecule has 0 saturated heterocycles. The first-order chi connectivity index (χ1) is 9.58. The zero-order valence-corrected chi connectivity index (χ0v) is 11.3. The Hall–Kier alpha value is -2.44. The van der Waals surface area contributed by atoms with Crippen molar-refractivity contribution >= 4 is 23.2 Å². The molecule has 0 fully saturated rings. The molecule has 106 valence electrons. The number of nitrogens with one attached hydrogen (secondary N) is 2. The molecular weight excluding hydrogens is 260 g/mol. The maximum Gasteiger partial charge on any atom is 0.248 e. The van der Waals surface area contributed by atoms with Crippen molar-refractivity contribution in [1.29, 1.82) is 0 Å². The first-order valence-electron chi connectivity index (χ1n) is 6.29. The van der Waals surface area contributed by atoms with E-state index in [1.54, 1.807) is 26.0 Å². The van der Waals surface area contributed by atoms with Crippen molar-refractivity contribution in [3.8, 4) is 0 Å². The van der Waals surface area contributed by atoms with E-state index in [2.05, 4.69) is 21.1 Å². The molecule has 0 saturated carbocycles. The van der Waals surface area contributed by atoms with E-state index in [0.717, 1.165) is 0 Å². The molecule has 2 N–H and O–H groups in total. The number of carbonyl (C=O) groups is 2. The molecule has 1 aromatic rings. The van der Waals surface area contributed by atoms with E-state index in [4.69, 9.17) is 4.42 Å². The predicted octanol–water partition coefficient (Wildman–Crippen LogP) is 1.02. The molecule has 0 aliphatic carbocycles. The molecule has 7 nitrogen and oxygen atoms in total. The van der Waals surface area contributed by atoms with Gasteiger partial charge < -0.3 is 4.42 Å². The van der Waals surface area contributed by atoms with Gasteiger partial charge in [-0.3, -0.25) is 9.59 Å². The monoisotopic (exact) mass is 276 g/mol. The number of rotatable bonds is 5. The SMILES string of the molecule is CC1=NNC(=O)[C@H]1CCC(=O)N/N=C(\C)c1ccco1. The summed E-state index contributed by atoms with van der Waals surface area (Å²) in [6.07, 6.45) is 2.17.